The summed E-state index contributed by atoms with van der Waals surface area (Å²) in [6.07, 6.45) is 7.27. The van der Waals surface area contributed by atoms with Gasteiger partial charge >= 0.3 is 0 Å². The molecule has 0 aliphatic rings. The number of hydrogen-bond donors (Lipinski definition) is 1. The van der Waals surface area contributed by atoms with Crippen LogP contribution >= 0.6 is 11.8 Å². The minimum Gasteiger partial charge on any atom is -0.507 e. The number of hydrogen-bond acceptors (Lipinski definition) is 3. The van der Waals surface area contributed by atoms with Crippen LogP contribution in [0.1, 0.15) is 5.56 Å². The third-order valence-electron chi connectivity index (χ3n) is 2.19. The second-order valence-corrected chi connectivity index (χ2v) is 3.93. The molecule has 0 spiro atoms. The fraction of sp³-hybridized carbons (Fsp3) is 0.0833. The Hall–Kier alpha value is -1.68. The Bertz CT molecular complexity index is 491. The molecule has 0 bridgehead atoms. The highest BCUT2D eigenvalue weighted by atomic mass is 32.2. The minimum atomic E-state index is 0.275. The predicted octanol–water partition coefficient (Wildman–Crippen LogP) is 2.80. The first-order valence-corrected chi connectivity index (χ1v) is 6.11. The Morgan fingerprint density at radius 3 is 2.88 bits per heavy atom. The summed E-state index contributed by atoms with van der Waals surface area (Å²) in [6.45, 7) is 0. The van der Waals surface area contributed by atoms with Crippen LogP contribution in [0.15, 0.2) is 48.4 Å². The molecule has 16 heavy (non-hydrogen) atoms. The zero-order valence-electron chi connectivity index (χ0n) is 8.87. The van der Waals surface area contributed by atoms with Gasteiger partial charge in [-0.05, 0) is 23.8 Å². The number of nitrogens with zero attached hydrogens (tertiary/aromatic N) is 2. The molecule has 2 aromatic rings. The number of phenolic OH excluding ortho intramolecular Hbond substituents is 1. The van der Waals surface area contributed by atoms with E-state index in [2.05, 4.69) is 4.98 Å². The largest absolute Gasteiger partial charge is 0.507 e. The zero-order valence-corrected chi connectivity index (χ0v) is 9.69. The van der Waals surface area contributed by atoms with E-state index in [0.29, 0.717) is 0 Å². The first kappa shape index (κ1) is 10.8. The highest BCUT2D eigenvalue weighted by molar-refractivity contribution is 8.01. The molecule has 0 unspecified atom stereocenters. The van der Waals surface area contributed by atoms with E-state index in [-0.39, 0.29) is 5.75 Å². The van der Waals surface area contributed by atoms with E-state index in [1.165, 1.54) is 0 Å². The molecule has 0 radical (unpaired) electrons. The summed E-state index contributed by atoms with van der Waals surface area (Å²) in [4.78, 5) is 4.01. The SMILES string of the molecule is CSC=C(c1ccccc1O)n1ccnc1. The van der Waals surface area contributed by atoms with E-state index >= 15 is 0 Å². The fourth-order valence-corrected chi connectivity index (χ4v) is 1.94. The molecule has 0 saturated carbocycles. The molecule has 82 valence electrons. The van der Waals surface area contributed by atoms with Gasteiger partial charge in [0.25, 0.3) is 0 Å². The van der Waals surface area contributed by atoms with E-state index < -0.39 is 0 Å². The Kier molecular flexibility index (Phi) is 3.31. The highest BCUT2D eigenvalue weighted by Gasteiger charge is 2.07. The van der Waals surface area contributed by atoms with E-state index in [1.807, 2.05) is 40.6 Å². The van der Waals surface area contributed by atoms with Gasteiger partial charge in [0.2, 0.25) is 0 Å². The van der Waals surface area contributed by atoms with Crippen LogP contribution in [0, 0.1) is 0 Å². The van der Waals surface area contributed by atoms with Crippen molar-refractivity contribution in [3.05, 3.63) is 54.0 Å². The third kappa shape index (κ3) is 2.12. The quantitative estimate of drug-likeness (QED) is 0.884. The average molecular weight is 232 g/mol. The number of para-hydroxylation sites is 1. The van der Waals surface area contributed by atoms with Crippen molar-refractivity contribution in [3.63, 3.8) is 0 Å². The van der Waals surface area contributed by atoms with Gasteiger partial charge in [-0.2, -0.15) is 0 Å². The first-order valence-electron chi connectivity index (χ1n) is 4.82. The van der Waals surface area contributed by atoms with Crippen LogP contribution in [0.3, 0.4) is 0 Å². The van der Waals surface area contributed by atoms with Gasteiger partial charge in [0.05, 0.1) is 12.0 Å². The molecule has 1 aromatic carbocycles. The van der Waals surface area contributed by atoms with Crippen molar-refractivity contribution in [2.45, 2.75) is 0 Å². The van der Waals surface area contributed by atoms with Crippen molar-refractivity contribution >= 4 is 17.5 Å². The van der Waals surface area contributed by atoms with Gasteiger partial charge in [-0.25, -0.2) is 4.98 Å². The van der Waals surface area contributed by atoms with Gasteiger partial charge in [-0.15, -0.1) is 11.8 Å². The van der Waals surface area contributed by atoms with Crippen LogP contribution < -0.4 is 0 Å². The van der Waals surface area contributed by atoms with Gasteiger partial charge in [0.1, 0.15) is 5.75 Å². The van der Waals surface area contributed by atoms with Gasteiger partial charge in [0.15, 0.2) is 0 Å². The van der Waals surface area contributed by atoms with Crippen LogP contribution in [0.5, 0.6) is 5.75 Å². The first-order chi connectivity index (χ1) is 7.83. The Morgan fingerprint density at radius 2 is 2.25 bits per heavy atom. The molecule has 1 aromatic heterocycles. The molecule has 0 atom stereocenters. The second kappa shape index (κ2) is 4.90. The number of imidazole rings is 1. The van der Waals surface area contributed by atoms with Crippen LogP contribution in [0.4, 0.5) is 0 Å². The minimum absolute atomic E-state index is 0.275. The van der Waals surface area contributed by atoms with Gasteiger partial charge < -0.3 is 9.67 Å². The normalized spacial score (nSPS) is 11.7. The van der Waals surface area contributed by atoms with Crippen LogP contribution in [0.25, 0.3) is 5.70 Å². The molecule has 3 nitrogen and oxygen atoms in total. The Labute approximate surface area is 98.4 Å². The fourth-order valence-electron chi connectivity index (χ4n) is 1.47. The highest BCUT2D eigenvalue weighted by Crippen LogP contribution is 2.27. The monoisotopic (exact) mass is 232 g/mol. The lowest BCUT2D eigenvalue weighted by atomic mass is 10.1. The molecule has 0 aliphatic heterocycles. The molecule has 0 amide bonds. The molecule has 0 aliphatic carbocycles. The zero-order chi connectivity index (χ0) is 11.4. The van der Waals surface area contributed by atoms with Crippen molar-refractivity contribution in [3.8, 4) is 5.75 Å². The number of rotatable bonds is 3. The smallest absolute Gasteiger partial charge is 0.124 e. The number of thioether (sulfide) groups is 1. The molecule has 2 rings (SSSR count). The Morgan fingerprint density at radius 1 is 1.44 bits per heavy atom. The number of benzene rings is 1. The summed E-state index contributed by atoms with van der Waals surface area (Å²) in [7, 11) is 0. The Balaban J connectivity index is 2.50. The van der Waals surface area contributed by atoms with Crippen LogP contribution in [-0.2, 0) is 0 Å². The van der Waals surface area contributed by atoms with Crippen molar-refractivity contribution < 1.29 is 5.11 Å². The number of aromatic hydroxyl groups is 1. The maximum absolute atomic E-state index is 9.82. The van der Waals surface area contributed by atoms with Crippen molar-refractivity contribution in [2.24, 2.45) is 0 Å². The van der Waals surface area contributed by atoms with E-state index in [1.54, 1.807) is 30.4 Å². The molecule has 1 heterocycles. The van der Waals surface area contributed by atoms with E-state index in [0.717, 1.165) is 11.3 Å². The molecular formula is C12H12N2OS. The van der Waals surface area contributed by atoms with Gasteiger partial charge in [-0.1, -0.05) is 12.1 Å². The maximum atomic E-state index is 9.82. The lowest BCUT2D eigenvalue weighted by Crippen LogP contribution is -1.95. The van der Waals surface area contributed by atoms with Crippen LogP contribution in [-0.4, -0.2) is 20.9 Å². The van der Waals surface area contributed by atoms with Gasteiger partial charge in [-0.3, -0.25) is 0 Å². The van der Waals surface area contributed by atoms with E-state index in [4.69, 9.17) is 0 Å². The van der Waals surface area contributed by atoms with Crippen molar-refractivity contribution in [1.82, 2.24) is 9.55 Å². The van der Waals surface area contributed by atoms with Crippen LogP contribution in [0.2, 0.25) is 0 Å². The lowest BCUT2D eigenvalue weighted by molar-refractivity contribution is 0.473. The van der Waals surface area contributed by atoms with Gasteiger partial charge in [0, 0.05) is 18.0 Å². The third-order valence-corrected chi connectivity index (χ3v) is 2.65. The summed E-state index contributed by atoms with van der Waals surface area (Å²) >= 11 is 1.59. The van der Waals surface area contributed by atoms with E-state index in [9.17, 15) is 5.11 Å². The molecule has 1 N–H and O–H groups in total. The summed E-state index contributed by atoms with van der Waals surface area (Å²) in [5.41, 5.74) is 1.72. The molecule has 0 fully saturated rings. The van der Waals surface area contributed by atoms with Crippen molar-refractivity contribution in [1.29, 1.82) is 0 Å². The molecule has 4 heteroatoms. The maximum Gasteiger partial charge on any atom is 0.124 e. The number of phenols is 1. The lowest BCUT2D eigenvalue weighted by Gasteiger charge is -2.09. The topological polar surface area (TPSA) is 38.0 Å². The summed E-state index contributed by atoms with van der Waals surface area (Å²) in [5.74, 6) is 0.275. The average Bonchev–Trinajstić information content (AvgIpc) is 2.80. The molecule has 0 saturated heterocycles. The summed E-state index contributed by atoms with van der Waals surface area (Å²) < 4.78 is 1.88. The predicted molar refractivity (Wildman–Crippen MR) is 67.2 cm³/mol. The summed E-state index contributed by atoms with van der Waals surface area (Å²) in [6, 6.07) is 7.28. The molecular weight excluding hydrogens is 220 g/mol. The van der Waals surface area contributed by atoms with Crippen molar-refractivity contribution in [2.75, 3.05) is 6.26 Å². The number of aromatic nitrogens is 2. The summed E-state index contributed by atoms with van der Waals surface area (Å²) in [5, 5.41) is 11.8. The standard InChI is InChI=1S/C12H12N2OS/c1-16-8-11(14-7-6-13-9-14)10-4-2-3-5-12(10)15/h2-9,15H,1H3. The second-order valence-electron chi connectivity index (χ2n) is 3.23.